The number of ether oxygens (including phenoxy) is 1. The summed E-state index contributed by atoms with van der Waals surface area (Å²) in [6.07, 6.45) is 0.667. The van der Waals surface area contributed by atoms with Gasteiger partial charge in [0.2, 0.25) is 11.8 Å². The molecule has 1 N–H and O–H groups in total. The molecule has 1 saturated heterocycles. The summed E-state index contributed by atoms with van der Waals surface area (Å²) in [4.78, 5) is 25.2. The monoisotopic (exact) mass is 260 g/mol. The first-order valence-corrected chi connectivity index (χ1v) is 7.00. The van der Waals surface area contributed by atoms with Crippen molar-refractivity contribution in [3.05, 3.63) is 0 Å². The highest BCUT2D eigenvalue weighted by Crippen LogP contribution is 2.11. The lowest BCUT2D eigenvalue weighted by atomic mass is 10.1. The molecule has 1 atom stereocenters. The maximum atomic E-state index is 12.0. The zero-order valence-electron chi connectivity index (χ0n) is 10.4. The minimum Gasteiger partial charge on any atom is -0.384 e. The Hall–Kier alpha value is -0.750. The predicted molar refractivity (Wildman–Crippen MR) is 68.0 cm³/mol. The van der Waals surface area contributed by atoms with Gasteiger partial charge in [0.15, 0.2) is 0 Å². The molecule has 0 aromatic rings. The molecule has 1 rings (SSSR count). The molecule has 1 unspecified atom stereocenters. The Bertz CT molecular complexity index is 273. The SMILES string of the molecule is CCC1C(=O)NCCN1C(=O)CSCCOC. The van der Waals surface area contributed by atoms with Gasteiger partial charge < -0.3 is 15.0 Å². The van der Waals surface area contributed by atoms with Crippen molar-refractivity contribution in [1.82, 2.24) is 10.2 Å². The summed E-state index contributed by atoms with van der Waals surface area (Å²) in [7, 11) is 1.64. The summed E-state index contributed by atoms with van der Waals surface area (Å²) in [5.41, 5.74) is 0. The molecule has 17 heavy (non-hydrogen) atoms. The molecule has 0 aromatic carbocycles. The lowest BCUT2D eigenvalue weighted by Gasteiger charge is -2.34. The van der Waals surface area contributed by atoms with Gasteiger partial charge in [-0.05, 0) is 6.42 Å². The fourth-order valence-electron chi connectivity index (χ4n) is 1.80. The van der Waals surface area contributed by atoms with Gasteiger partial charge in [-0.25, -0.2) is 0 Å². The molecule has 0 saturated carbocycles. The first-order chi connectivity index (χ1) is 8.20. The van der Waals surface area contributed by atoms with Crippen molar-refractivity contribution in [3.8, 4) is 0 Å². The van der Waals surface area contributed by atoms with E-state index in [1.165, 1.54) is 0 Å². The first kappa shape index (κ1) is 14.3. The van der Waals surface area contributed by atoms with Gasteiger partial charge in [-0.3, -0.25) is 9.59 Å². The smallest absolute Gasteiger partial charge is 0.242 e. The van der Waals surface area contributed by atoms with Crippen molar-refractivity contribution >= 4 is 23.6 Å². The molecule has 98 valence electrons. The average molecular weight is 260 g/mol. The van der Waals surface area contributed by atoms with Crippen LogP contribution in [0.15, 0.2) is 0 Å². The number of hydrogen-bond donors (Lipinski definition) is 1. The number of carbonyl (C=O) groups is 2. The highest BCUT2D eigenvalue weighted by Gasteiger charge is 2.30. The van der Waals surface area contributed by atoms with Gasteiger partial charge >= 0.3 is 0 Å². The number of nitrogens with zero attached hydrogens (tertiary/aromatic N) is 1. The maximum Gasteiger partial charge on any atom is 0.242 e. The summed E-state index contributed by atoms with van der Waals surface area (Å²) >= 11 is 1.55. The second-order valence-corrected chi connectivity index (χ2v) is 4.95. The third-order valence-corrected chi connectivity index (χ3v) is 3.60. The fraction of sp³-hybridized carbons (Fsp3) is 0.818. The first-order valence-electron chi connectivity index (χ1n) is 5.84. The Balaban J connectivity index is 2.40. The van der Waals surface area contributed by atoms with Crippen LogP contribution in [0.3, 0.4) is 0 Å². The van der Waals surface area contributed by atoms with E-state index < -0.39 is 0 Å². The van der Waals surface area contributed by atoms with Crippen LogP contribution in [0.1, 0.15) is 13.3 Å². The van der Waals surface area contributed by atoms with E-state index in [9.17, 15) is 9.59 Å². The standard InChI is InChI=1S/C11H20N2O3S/c1-3-9-11(15)12-4-5-13(9)10(14)8-17-7-6-16-2/h9H,3-8H2,1-2H3,(H,12,15). The molecule has 0 bridgehead atoms. The molecule has 1 heterocycles. The van der Waals surface area contributed by atoms with Crippen molar-refractivity contribution in [2.24, 2.45) is 0 Å². The van der Waals surface area contributed by atoms with Gasteiger partial charge in [0, 0.05) is 26.0 Å². The lowest BCUT2D eigenvalue weighted by molar-refractivity contribution is -0.141. The van der Waals surface area contributed by atoms with Crippen LogP contribution < -0.4 is 5.32 Å². The topological polar surface area (TPSA) is 58.6 Å². The van der Waals surface area contributed by atoms with Crippen LogP contribution in [0.25, 0.3) is 0 Å². The van der Waals surface area contributed by atoms with Crippen LogP contribution in [0.5, 0.6) is 0 Å². The van der Waals surface area contributed by atoms with Gasteiger partial charge in [0.1, 0.15) is 6.04 Å². The Labute approximate surface area is 106 Å². The predicted octanol–water partition coefficient (Wildman–Crippen LogP) is 0.103. The van der Waals surface area contributed by atoms with E-state index in [1.54, 1.807) is 23.8 Å². The summed E-state index contributed by atoms with van der Waals surface area (Å²) in [5.74, 6) is 1.24. The molecule has 0 aliphatic carbocycles. The molecule has 0 spiro atoms. The van der Waals surface area contributed by atoms with E-state index in [0.717, 1.165) is 5.75 Å². The zero-order valence-corrected chi connectivity index (χ0v) is 11.2. The van der Waals surface area contributed by atoms with Crippen LogP contribution in [0.2, 0.25) is 0 Å². The molecule has 5 nitrogen and oxygen atoms in total. The Kier molecular flexibility index (Phi) is 6.36. The second-order valence-electron chi connectivity index (χ2n) is 3.85. The number of hydrogen-bond acceptors (Lipinski definition) is 4. The molecule has 0 radical (unpaired) electrons. The number of nitrogens with one attached hydrogen (secondary N) is 1. The Morgan fingerprint density at radius 1 is 1.65 bits per heavy atom. The lowest BCUT2D eigenvalue weighted by Crippen LogP contribution is -2.57. The molecule has 2 amide bonds. The van der Waals surface area contributed by atoms with Crippen LogP contribution in [0, 0.1) is 0 Å². The van der Waals surface area contributed by atoms with Crippen LogP contribution in [0.4, 0.5) is 0 Å². The van der Waals surface area contributed by atoms with Gasteiger partial charge in [0.25, 0.3) is 0 Å². The molecular formula is C11H20N2O3S. The molecule has 1 fully saturated rings. The quantitative estimate of drug-likeness (QED) is 0.688. The molecule has 1 aliphatic heterocycles. The summed E-state index contributed by atoms with van der Waals surface area (Å²) in [6, 6.07) is -0.292. The highest BCUT2D eigenvalue weighted by atomic mass is 32.2. The number of carbonyl (C=O) groups excluding carboxylic acids is 2. The van der Waals surface area contributed by atoms with E-state index in [0.29, 0.717) is 31.9 Å². The van der Waals surface area contributed by atoms with Crippen molar-refractivity contribution in [3.63, 3.8) is 0 Å². The third-order valence-electron chi connectivity index (χ3n) is 2.70. The zero-order chi connectivity index (χ0) is 12.7. The Morgan fingerprint density at radius 2 is 2.41 bits per heavy atom. The second kappa shape index (κ2) is 7.55. The van der Waals surface area contributed by atoms with Gasteiger partial charge in [-0.15, -0.1) is 11.8 Å². The largest absolute Gasteiger partial charge is 0.384 e. The number of thioether (sulfide) groups is 1. The Morgan fingerprint density at radius 3 is 3.06 bits per heavy atom. The van der Waals surface area contributed by atoms with E-state index in [1.807, 2.05) is 6.92 Å². The van der Waals surface area contributed by atoms with Crippen LogP contribution >= 0.6 is 11.8 Å². The van der Waals surface area contributed by atoms with Crippen molar-refractivity contribution in [2.75, 3.05) is 38.3 Å². The summed E-state index contributed by atoms with van der Waals surface area (Å²) < 4.78 is 4.92. The normalized spacial score (nSPS) is 20.2. The minimum absolute atomic E-state index is 0.0333. The maximum absolute atomic E-state index is 12.0. The van der Waals surface area contributed by atoms with E-state index in [4.69, 9.17) is 4.74 Å². The molecule has 0 aromatic heterocycles. The third kappa shape index (κ3) is 4.20. The van der Waals surface area contributed by atoms with E-state index in [-0.39, 0.29) is 17.9 Å². The van der Waals surface area contributed by atoms with Crippen LogP contribution in [-0.2, 0) is 14.3 Å². The highest BCUT2D eigenvalue weighted by molar-refractivity contribution is 7.99. The number of piperazine rings is 1. The molecule has 6 heteroatoms. The van der Waals surface area contributed by atoms with Crippen molar-refractivity contribution in [1.29, 1.82) is 0 Å². The number of amides is 2. The van der Waals surface area contributed by atoms with Crippen molar-refractivity contribution < 1.29 is 14.3 Å². The number of methoxy groups -OCH3 is 1. The van der Waals surface area contributed by atoms with Gasteiger partial charge in [-0.2, -0.15) is 0 Å². The van der Waals surface area contributed by atoms with Crippen LogP contribution in [-0.4, -0.2) is 61.1 Å². The molecular weight excluding hydrogens is 240 g/mol. The summed E-state index contributed by atoms with van der Waals surface area (Å²) in [6.45, 7) is 3.75. The van der Waals surface area contributed by atoms with Gasteiger partial charge in [-0.1, -0.05) is 6.92 Å². The van der Waals surface area contributed by atoms with E-state index in [2.05, 4.69) is 5.32 Å². The van der Waals surface area contributed by atoms with Gasteiger partial charge in [0.05, 0.1) is 12.4 Å². The summed E-state index contributed by atoms with van der Waals surface area (Å²) in [5, 5.41) is 2.78. The minimum atomic E-state index is -0.292. The van der Waals surface area contributed by atoms with E-state index >= 15 is 0 Å². The average Bonchev–Trinajstić information content (AvgIpc) is 2.34. The fourth-order valence-corrected chi connectivity index (χ4v) is 2.57. The number of rotatable bonds is 6. The van der Waals surface area contributed by atoms with Crippen molar-refractivity contribution in [2.45, 2.75) is 19.4 Å². The molecule has 1 aliphatic rings.